The van der Waals surface area contributed by atoms with Crippen molar-refractivity contribution in [3.8, 4) is 22.8 Å². The van der Waals surface area contributed by atoms with Crippen LogP contribution in [0.25, 0.3) is 22.8 Å². The minimum atomic E-state index is -4.45. The van der Waals surface area contributed by atoms with Crippen molar-refractivity contribution in [1.29, 1.82) is 0 Å². The van der Waals surface area contributed by atoms with Gasteiger partial charge in [0.05, 0.1) is 5.56 Å². The van der Waals surface area contributed by atoms with Gasteiger partial charge in [-0.05, 0) is 24.3 Å². The van der Waals surface area contributed by atoms with Gasteiger partial charge in [0.25, 0.3) is 5.89 Å². The Morgan fingerprint density at radius 1 is 0.964 bits per heavy atom. The third-order valence-corrected chi connectivity index (χ3v) is 4.05. The summed E-state index contributed by atoms with van der Waals surface area (Å²) in [5.74, 6) is 0.644. The molecule has 7 nitrogen and oxygen atoms in total. The highest BCUT2D eigenvalue weighted by atomic mass is 19.4. The molecule has 2 aromatic heterocycles. The summed E-state index contributed by atoms with van der Waals surface area (Å²) in [6.07, 6.45) is -4.45. The Kier molecular flexibility index (Phi) is 4.38. The molecule has 0 spiro atoms. The average Bonchev–Trinajstić information content (AvgIpc) is 3.38. The Morgan fingerprint density at radius 3 is 2.46 bits per heavy atom. The van der Waals surface area contributed by atoms with Crippen LogP contribution in [0.3, 0.4) is 0 Å². The summed E-state index contributed by atoms with van der Waals surface area (Å²) < 4.78 is 43.9. The van der Waals surface area contributed by atoms with E-state index in [2.05, 4.69) is 25.6 Å². The van der Waals surface area contributed by atoms with Crippen LogP contribution < -0.4 is 0 Å². The molecule has 0 aliphatic heterocycles. The molecule has 0 aliphatic carbocycles. The number of benzene rings is 2. The topological polar surface area (TPSA) is 82.5 Å². The molecule has 0 saturated heterocycles. The van der Waals surface area contributed by atoms with Gasteiger partial charge in [-0.3, -0.25) is 0 Å². The van der Waals surface area contributed by atoms with Gasteiger partial charge in [-0.15, -0.1) is 10.2 Å². The van der Waals surface area contributed by atoms with Crippen molar-refractivity contribution < 1.29 is 17.7 Å². The van der Waals surface area contributed by atoms with Crippen molar-refractivity contribution in [3.05, 3.63) is 66.1 Å². The minimum Gasteiger partial charge on any atom is -0.337 e. The number of rotatable bonds is 4. The standard InChI is InChI=1S/C18H13F3N6O/c1-11(27-24-16(23-26-27)12-6-3-2-4-7-12)17-22-15(25-28-17)13-8-5-9-14(10-13)18(19,20)21/h2-11H,1H3/t11-/m1/s1. The van der Waals surface area contributed by atoms with E-state index in [1.54, 1.807) is 6.92 Å². The number of halogens is 3. The van der Waals surface area contributed by atoms with E-state index < -0.39 is 17.8 Å². The second kappa shape index (κ2) is 6.87. The van der Waals surface area contributed by atoms with Crippen LogP contribution in [0.1, 0.15) is 24.4 Å². The van der Waals surface area contributed by atoms with E-state index in [1.165, 1.54) is 16.9 Å². The molecule has 2 aromatic carbocycles. The van der Waals surface area contributed by atoms with E-state index in [0.29, 0.717) is 5.82 Å². The van der Waals surface area contributed by atoms with Gasteiger partial charge in [0.1, 0.15) is 6.04 Å². The predicted octanol–water partition coefficient (Wildman–Crippen LogP) is 4.02. The maximum atomic E-state index is 12.9. The van der Waals surface area contributed by atoms with Crippen molar-refractivity contribution in [2.45, 2.75) is 19.1 Å². The molecule has 2 heterocycles. The van der Waals surface area contributed by atoms with Gasteiger partial charge in [0, 0.05) is 11.1 Å². The van der Waals surface area contributed by atoms with Crippen LogP contribution >= 0.6 is 0 Å². The first-order valence-corrected chi connectivity index (χ1v) is 8.28. The van der Waals surface area contributed by atoms with Crippen LogP contribution in [0.2, 0.25) is 0 Å². The zero-order valence-electron chi connectivity index (χ0n) is 14.5. The summed E-state index contributed by atoms with van der Waals surface area (Å²) in [5, 5.41) is 16.1. The molecular formula is C18H13F3N6O. The van der Waals surface area contributed by atoms with Gasteiger partial charge < -0.3 is 4.52 Å². The average molecular weight is 386 g/mol. The third kappa shape index (κ3) is 3.48. The number of alkyl halides is 3. The van der Waals surface area contributed by atoms with Gasteiger partial charge in [0.15, 0.2) is 0 Å². The maximum absolute atomic E-state index is 12.9. The Hall–Kier alpha value is -3.56. The summed E-state index contributed by atoms with van der Waals surface area (Å²) in [4.78, 5) is 5.50. The molecule has 0 fully saturated rings. The van der Waals surface area contributed by atoms with Gasteiger partial charge >= 0.3 is 6.18 Å². The van der Waals surface area contributed by atoms with Crippen molar-refractivity contribution in [1.82, 2.24) is 30.3 Å². The van der Waals surface area contributed by atoms with E-state index in [1.807, 2.05) is 30.3 Å². The molecule has 4 aromatic rings. The lowest BCUT2D eigenvalue weighted by Gasteiger charge is -2.06. The molecule has 0 amide bonds. The maximum Gasteiger partial charge on any atom is 0.416 e. The molecule has 0 bridgehead atoms. The van der Waals surface area contributed by atoms with Crippen LogP contribution in [-0.2, 0) is 6.18 Å². The molecule has 0 aliphatic rings. The fourth-order valence-corrected chi connectivity index (χ4v) is 2.55. The van der Waals surface area contributed by atoms with Crippen LogP contribution in [0.5, 0.6) is 0 Å². The molecular weight excluding hydrogens is 373 g/mol. The highest BCUT2D eigenvalue weighted by Gasteiger charge is 2.31. The first-order valence-electron chi connectivity index (χ1n) is 8.28. The van der Waals surface area contributed by atoms with E-state index in [0.717, 1.165) is 17.7 Å². The molecule has 0 saturated carbocycles. The SMILES string of the molecule is C[C@H](c1nc(-c2cccc(C(F)(F)F)c2)no1)n1nnc(-c2ccccc2)n1. The van der Waals surface area contributed by atoms with Gasteiger partial charge in [-0.1, -0.05) is 47.6 Å². The molecule has 10 heteroatoms. The Morgan fingerprint density at radius 2 is 1.71 bits per heavy atom. The lowest BCUT2D eigenvalue weighted by atomic mass is 10.1. The highest BCUT2D eigenvalue weighted by Crippen LogP contribution is 2.31. The smallest absolute Gasteiger partial charge is 0.337 e. The van der Waals surface area contributed by atoms with Crippen molar-refractivity contribution in [3.63, 3.8) is 0 Å². The molecule has 0 N–H and O–H groups in total. The number of nitrogens with zero attached hydrogens (tertiary/aromatic N) is 6. The normalized spacial score (nSPS) is 12.9. The quantitative estimate of drug-likeness (QED) is 0.527. The number of tetrazole rings is 1. The van der Waals surface area contributed by atoms with Gasteiger partial charge in [-0.25, -0.2) is 0 Å². The van der Waals surface area contributed by atoms with E-state index in [9.17, 15) is 13.2 Å². The largest absolute Gasteiger partial charge is 0.416 e. The molecule has 142 valence electrons. The van der Waals surface area contributed by atoms with E-state index in [-0.39, 0.29) is 17.3 Å². The monoisotopic (exact) mass is 386 g/mol. The second-order valence-electron chi connectivity index (χ2n) is 6.01. The fourth-order valence-electron chi connectivity index (χ4n) is 2.55. The van der Waals surface area contributed by atoms with Gasteiger partial charge in [-0.2, -0.15) is 23.0 Å². The zero-order valence-corrected chi connectivity index (χ0v) is 14.5. The molecule has 28 heavy (non-hydrogen) atoms. The lowest BCUT2D eigenvalue weighted by Crippen LogP contribution is -2.11. The van der Waals surface area contributed by atoms with E-state index >= 15 is 0 Å². The summed E-state index contributed by atoms with van der Waals surface area (Å²) >= 11 is 0. The number of aromatic nitrogens is 6. The second-order valence-corrected chi connectivity index (χ2v) is 6.01. The first-order chi connectivity index (χ1) is 13.4. The van der Waals surface area contributed by atoms with Crippen molar-refractivity contribution in [2.75, 3.05) is 0 Å². The molecule has 4 rings (SSSR count). The summed E-state index contributed by atoms with van der Waals surface area (Å²) in [5.41, 5.74) is 0.222. The highest BCUT2D eigenvalue weighted by molar-refractivity contribution is 5.56. The van der Waals surface area contributed by atoms with Crippen LogP contribution in [0, 0.1) is 0 Å². The molecule has 1 atom stereocenters. The number of hydrogen-bond acceptors (Lipinski definition) is 6. The summed E-state index contributed by atoms with van der Waals surface area (Å²) in [7, 11) is 0. The summed E-state index contributed by atoms with van der Waals surface area (Å²) in [6, 6.07) is 13.5. The minimum absolute atomic E-state index is 0.0522. The van der Waals surface area contributed by atoms with Crippen LogP contribution in [-0.4, -0.2) is 30.3 Å². The number of hydrogen-bond donors (Lipinski definition) is 0. The molecule has 0 unspecified atom stereocenters. The van der Waals surface area contributed by atoms with Crippen molar-refractivity contribution in [2.24, 2.45) is 0 Å². The zero-order chi connectivity index (χ0) is 19.7. The lowest BCUT2D eigenvalue weighted by molar-refractivity contribution is -0.137. The third-order valence-electron chi connectivity index (χ3n) is 4.05. The first kappa shape index (κ1) is 17.8. The van der Waals surface area contributed by atoms with Gasteiger partial charge in [0.2, 0.25) is 11.6 Å². The molecule has 0 radical (unpaired) electrons. The van der Waals surface area contributed by atoms with Crippen molar-refractivity contribution >= 4 is 0 Å². The Bertz CT molecular complexity index is 1090. The Balaban J connectivity index is 1.59. The Labute approximate surface area is 156 Å². The van der Waals surface area contributed by atoms with Crippen LogP contribution in [0.15, 0.2) is 59.1 Å². The summed E-state index contributed by atoms with van der Waals surface area (Å²) in [6.45, 7) is 1.72. The van der Waals surface area contributed by atoms with E-state index in [4.69, 9.17) is 4.52 Å². The predicted molar refractivity (Wildman–Crippen MR) is 91.8 cm³/mol. The fraction of sp³-hybridized carbons (Fsp3) is 0.167. The van der Waals surface area contributed by atoms with Crippen LogP contribution in [0.4, 0.5) is 13.2 Å².